The second-order valence-electron chi connectivity index (χ2n) is 8.64. The van der Waals surface area contributed by atoms with Crippen LogP contribution in [0.3, 0.4) is 0 Å². The molecule has 2 N–H and O–H groups in total. The minimum Gasteiger partial charge on any atom is -0.480 e. The molecule has 0 aliphatic heterocycles. The number of carbonyl (C=O) groups is 1. The molecule has 3 heterocycles. The summed E-state index contributed by atoms with van der Waals surface area (Å²) in [5.74, 6) is 0.606. The second kappa shape index (κ2) is 11.7. The van der Waals surface area contributed by atoms with E-state index >= 15 is 0 Å². The normalized spacial score (nSPS) is 11.4. The number of nitrogens with one attached hydrogen (secondary N) is 2. The summed E-state index contributed by atoms with van der Waals surface area (Å²) in [5.41, 5.74) is 2.53. The van der Waals surface area contributed by atoms with Crippen LogP contribution in [0.1, 0.15) is 40.5 Å². The second-order valence-corrected chi connectivity index (χ2v) is 9.54. The molecule has 13 heteroatoms. The topological polar surface area (TPSA) is 107 Å². The zero-order valence-electron chi connectivity index (χ0n) is 21.6. The van der Waals surface area contributed by atoms with Gasteiger partial charge in [-0.05, 0) is 55.7 Å². The average molecular weight is 558 g/mol. The van der Waals surface area contributed by atoms with Gasteiger partial charge in [0.05, 0.1) is 7.11 Å². The number of pyridine rings is 1. The molecule has 0 fully saturated rings. The number of rotatable bonds is 9. The van der Waals surface area contributed by atoms with Crippen molar-refractivity contribution in [1.29, 1.82) is 0 Å². The summed E-state index contributed by atoms with van der Waals surface area (Å²) in [6.07, 6.45) is 0.276. The van der Waals surface area contributed by atoms with Crippen molar-refractivity contribution in [1.82, 2.24) is 29.5 Å². The number of anilines is 2. The van der Waals surface area contributed by atoms with Crippen LogP contribution in [0.4, 0.5) is 24.8 Å². The Kier molecular flexibility index (Phi) is 8.38. The molecule has 0 aliphatic carbocycles. The largest absolute Gasteiger partial charge is 0.480 e. The number of amides is 1. The summed E-state index contributed by atoms with van der Waals surface area (Å²) in [6.45, 7) is 5.88. The zero-order valence-corrected chi connectivity index (χ0v) is 22.4. The van der Waals surface area contributed by atoms with E-state index in [1.807, 2.05) is 39.0 Å². The first-order valence-corrected chi connectivity index (χ1v) is 12.9. The predicted molar refractivity (Wildman–Crippen MR) is 143 cm³/mol. The maximum absolute atomic E-state index is 13.3. The van der Waals surface area contributed by atoms with Crippen molar-refractivity contribution in [3.05, 3.63) is 71.3 Å². The molecule has 39 heavy (non-hydrogen) atoms. The molecule has 0 atom stereocenters. The standard InChI is InChI=1S/C26H26F3N7O2S/c1-5-8-39-35-23(37)19-12-17(13-30-24(19)38-4)20-14-31-25(32-18-10-15(2)9-16(3)11-18)33-22(20)36-7-6-21(34-36)26(27,28)29/h6-7,9-14H,5,8H2,1-4H3,(H,35,37)(H,31,32,33). The summed E-state index contributed by atoms with van der Waals surface area (Å²) >= 11 is 1.25. The van der Waals surface area contributed by atoms with Gasteiger partial charge in [-0.2, -0.15) is 23.3 Å². The van der Waals surface area contributed by atoms with Gasteiger partial charge in [-0.25, -0.2) is 14.6 Å². The third-order valence-corrected chi connectivity index (χ3v) is 6.36. The van der Waals surface area contributed by atoms with E-state index in [0.717, 1.165) is 39.7 Å². The number of halogens is 3. The van der Waals surface area contributed by atoms with Crippen LogP contribution in [0.5, 0.6) is 5.88 Å². The van der Waals surface area contributed by atoms with Crippen LogP contribution in [0.25, 0.3) is 16.9 Å². The third-order valence-electron chi connectivity index (χ3n) is 5.41. The number of methoxy groups -OCH3 is 1. The number of carbonyl (C=O) groups excluding carboxylic acids is 1. The Morgan fingerprint density at radius 1 is 1.10 bits per heavy atom. The van der Waals surface area contributed by atoms with E-state index in [1.165, 1.54) is 43.7 Å². The molecular weight excluding hydrogens is 531 g/mol. The number of ether oxygens (including phenoxy) is 1. The van der Waals surface area contributed by atoms with Gasteiger partial charge < -0.3 is 10.1 Å². The number of benzene rings is 1. The molecule has 4 aromatic rings. The summed E-state index contributed by atoms with van der Waals surface area (Å²) in [5, 5.41) is 6.80. The number of nitrogens with zero attached hydrogens (tertiary/aromatic N) is 5. The molecule has 4 rings (SSSR count). The molecule has 0 radical (unpaired) electrons. The molecule has 0 unspecified atom stereocenters. The van der Waals surface area contributed by atoms with Gasteiger partial charge in [-0.1, -0.05) is 24.9 Å². The zero-order chi connectivity index (χ0) is 28.2. The fourth-order valence-electron chi connectivity index (χ4n) is 3.78. The Morgan fingerprint density at radius 2 is 1.85 bits per heavy atom. The highest BCUT2D eigenvalue weighted by molar-refractivity contribution is 7.97. The van der Waals surface area contributed by atoms with Gasteiger partial charge in [0.1, 0.15) is 5.56 Å². The minimum atomic E-state index is -4.64. The molecule has 0 spiro atoms. The SMILES string of the molecule is CCCSNC(=O)c1cc(-c2cnc(Nc3cc(C)cc(C)c3)nc2-n2ccc(C(F)(F)F)n2)cnc1OC. The first kappa shape index (κ1) is 27.9. The summed E-state index contributed by atoms with van der Waals surface area (Å²) < 4.78 is 49.1. The van der Waals surface area contributed by atoms with Crippen LogP contribution in [0.2, 0.25) is 0 Å². The van der Waals surface area contributed by atoms with E-state index in [9.17, 15) is 18.0 Å². The van der Waals surface area contributed by atoms with E-state index in [2.05, 4.69) is 30.1 Å². The van der Waals surface area contributed by atoms with E-state index in [-0.39, 0.29) is 23.2 Å². The van der Waals surface area contributed by atoms with Crippen molar-refractivity contribution in [3.8, 4) is 22.8 Å². The van der Waals surface area contributed by atoms with Crippen molar-refractivity contribution in [3.63, 3.8) is 0 Å². The molecule has 0 bridgehead atoms. The van der Waals surface area contributed by atoms with E-state index < -0.39 is 17.8 Å². The highest BCUT2D eigenvalue weighted by Crippen LogP contribution is 2.32. The number of alkyl halides is 3. The Morgan fingerprint density at radius 3 is 2.49 bits per heavy atom. The lowest BCUT2D eigenvalue weighted by atomic mass is 10.1. The van der Waals surface area contributed by atoms with Crippen molar-refractivity contribution in [2.45, 2.75) is 33.4 Å². The number of aromatic nitrogens is 5. The maximum Gasteiger partial charge on any atom is 0.435 e. The van der Waals surface area contributed by atoms with E-state index in [4.69, 9.17) is 4.74 Å². The van der Waals surface area contributed by atoms with Crippen LogP contribution in [-0.2, 0) is 6.18 Å². The van der Waals surface area contributed by atoms with Crippen LogP contribution in [0, 0.1) is 13.8 Å². The van der Waals surface area contributed by atoms with Gasteiger partial charge in [-0.15, -0.1) is 0 Å². The van der Waals surface area contributed by atoms with Gasteiger partial charge >= 0.3 is 6.18 Å². The van der Waals surface area contributed by atoms with Crippen LogP contribution in [0.15, 0.2) is 48.9 Å². The summed E-state index contributed by atoms with van der Waals surface area (Å²) in [7, 11) is 1.39. The lowest BCUT2D eigenvalue weighted by Gasteiger charge is -2.14. The Labute approximate surface area is 227 Å². The molecule has 3 aromatic heterocycles. The fraction of sp³-hybridized carbons (Fsp3) is 0.269. The monoisotopic (exact) mass is 557 g/mol. The molecule has 1 amide bonds. The van der Waals surface area contributed by atoms with Gasteiger partial charge in [0.15, 0.2) is 11.5 Å². The molecule has 9 nitrogen and oxygen atoms in total. The minimum absolute atomic E-state index is 0.0612. The third kappa shape index (κ3) is 6.66. The highest BCUT2D eigenvalue weighted by atomic mass is 32.2. The molecule has 1 aromatic carbocycles. The Balaban J connectivity index is 1.80. The van der Waals surface area contributed by atoms with Crippen LogP contribution < -0.4 is 14.8 Å². The van der Waals surface area contributed by atoms with Crippen molar-refractivity contribution < 1.29 is 22.7 Å². The fourth-order valence-corrected chi connectivity index (χ4v) is 4.33. The molecular formula is C26H26F3N7O2S. The van der Waals surface area contributed by atoms with Gasteiger partial charge in [0, 0.05) is 41.2 Å². The number of hydrogen-bond donors (Lipinski definition) is 2. The molecule has 0 saturated carbocycles. The quantitative estimate of drug-likeness (QED) is 0.194. The van der Waals surface area contributed by atoms with E-state index in [0.29, 0.717) is 11.1 Å². The van der Waals surface area contributed by atoms with Gasteiger partial charge in [0.25, 0.3) is 5.91 Å². The molecule has 0 saturated heterocycles. The van der Waals surface area contributed by atoms with E-state index in [1.54, 1.807) is 0 Å². The maximum atomic E-state index is 13.3. The highest BCUT2D eigenvalue weighted by Gasteiger charge is 2.34. The lowest BCUT2D eigenvalue weighted by molar-refractivity contribution is -0.141. The number of hydrogen-bond acceptors (Lipinski definition) is 8. The molecule has 0 aliphatic rings. The summed E-state index contributed by atoms with van der Waals surface area (Å²) in [6, 6.07) is 8.19. The Hall–Kier alpha value is -4.13. The molecule has 204 valence electrons. The average Bonchev–Trinajstić information content (AvgIpc) is 3.39. The van der Waals surface area contributed by atoms with Crippen molar-refractivity contribution in [2.75, 3.05) is 18.2 Å². The lowest BCUT2D eigenvalue weighted by Crippen LogP contribution is -2.18. The van der Waals surface area contributed by atoms with Crippen LogP contribution >= 0.6 is 11.9 Å². The summed E-state index contributed by atoms with van der Waals surface area (Å²) in [4.78, 5) is 25.9. The Bertz CT molecular complexity index is 1470. The van der Waals surface area contributed by atoms with Crippen molar-refractivity contribution in [2.24, 2.45) is 0 Å². The number of aryl methyl sites for hydroxylation is 2. The predicted octanol–water partition coefficient (Wildman–Crippen LogP) is 5.90. The first-order valence-electron chi connectivity index (χ1n) is 11.9. The van der Waals surface area contributed by atoms with Crippen LogP contribution in [-0.4, -0.2) is 43.5 Å². The first-order chi connectivity index (χ1) is 18.6. The van der Waals surface area contributed by atoms with Crippen molar-refractivity contribution >= 4 is 29.5 Å². The van der Waals surface area contributed by atoms with Gasteiger partial charge in [-0.3, -0.25) is 9.52 Å². The smallest absolute Gasteiger partial charge is 0.435 e. The van der Waals surface area contributed by atoms with Gasteiger partial charge in [0.2, 0.25) is 11.8 Å².